The fraction of sp³-hybridized carbons (Fsp3) is 0.467. The van der Waals surface area contributed by atoms with Crippen LogP contribution in [0.25, 0.3) is 0 Å². The summed E-state index contributed by atoms with van der Waals surface area (Å²) in [6.07, 6.45) is 5.74. The molecule has 0 aliphatic rings. The van der Waals surface area contributed by atoms with Gasteiger partial charge in [-0.15, -0.1) is 11.3 Å². The maximum atomic E-state index is 5.16. The van der Waals surface area contributed by atoms with Gasteiger partial charge in [-0.1, -0.05) is 6.92 Å². The fourth-order valence-electron chi connectivity index (χ4n) is 2.01. The molecule has 0 radical (unpaired) electrons. The molecule has 0 fully saturated rings. The standard InChI is InChI=1S/C15H21NOS/c1-4-6-16-14(9-13-5-7-17-10-13)15-8-11(2)12(3)18-15/h5,7-8,10,14,16H,4,6,9H2,1-3H3. The van der Waals surface area contributed by atoms with Crippen LogP contribution in [0.3, 0.4) is 0 Å². The molecule has 0 saturated carbocycles. The van der Waals surface area contributed by atoms with E-state index in [0.29, 0.717) is 6.04 Å². The van der Waals surface area contributed by atoms with E-state index in [4.69, 9.17) is 4.42 Å². The first-order valence-electron chi connectivity index (χ1n) is 6.52. The molecule has 3 heteroatoms. The van der Waals surface area contributed by atoms with Crippen molar-refractivity contribution in [3.8, 4) is 0 Å². The van der Waals surface area contributed by atoms with Crippen molar-refractivity contribution >= 4 is 11.3 Å². The van der Waals surface area contributed by atoms with Gasteiger partial charge in [0, 0.05) is 15.8 Å². The van der Waals surface area contributed by atoms with Gasteiger partial charge in [-0.3, -0.25) is 0 Å². The van der Waals surface area contributed by atoms with E-state index in [9.17, 15) is 0 Å². The molecule has 0 spiro atoms. The molecule has 2 aromatic heterocycles. The Labute approximate surface area is 113 Å². The molecule has 0 aliphatic heterocycles. The van der Waals surface area contributed by atoms with Gasteiger partial charge in [-0.2, -0.15) is 0 Å². The molecule has 2 rings (SSSR count). The van der Waals surface area contributed by atoms with Crippen LogP contribution in [0.2, 0.25) is 0 Å². The highest BCUT2D eigenvalue weighted by Crippen LogP contribution is 2.28. The highest BCUT2D eigenvalue weighted by molar-refractivity contribution is 7.12. The van der Waals surface area contributed by atoms with Gasteiger partial charge >= 0.3 is 0 Å². The number of thiophene rings is 1. The molecule has 0 aromatic carbocycles. The van der Waals surface area contributed by atoms with Crippen LogP contribution in [0.5, 0.6) is 0 Å². The van der Waals surface area contributed by atoms with Crippen molar-refractivity contribution in [3.63, 3.8) is 0 Å². The number of hydrogen-bond donors (Lipinski definition) is 1. The molecule has 2 nitrogen and oxygen atoms in total. The number of furan rings is 1. The zero-order valence-corrected chi connectivity index (χ0v) is 12.1. The highest BCUT2D eigenvalue weighted by Gasteiger charge is 2.15. The Kier molecular flexibility index (Phi) is 4.61. The van der Waals surface area contributed by atoms with E-state index >= 15 is 0 Å². The first-order chi connectivity index (χ1) is 8.70. The minimum atomic E-state index is 0.403. The van der Waals surface area contributed by atoms with Gasteiger partial charge in [0.05, 0.1) is 12.5 Å². The number of hydrogen-bond acceptors (Lipinski definition) is 3. The van der Waals surface area contributed by atoms with E-state index in [1.54, 1.807) is 6.26 Å². The van der Waals surface area contributed by atoms with Gasteiger partial charge in [-0.25, -0.2) is 0 Å². The average molecular weight is 263 g/mol. The Balaban J connectivity index is 2.13. The minimum absolute atomic E-state index is 0.403. The van der Waals surface area contributed by atoms with Crippen LogP contribution in [-0.4, -0.2) is 6.54 Å². The maximum absolute atomic E-state index is 5.16. The van der Waals surface area contributed by atoms with Gasteiger partial charge in [0.1, 0.15) is 0 Å². The molecule has 0 saturated heterocycles. The molecular formula is C15H21NOS. The molecule has 0 bridgehead atoms. The largest absolute Gasteiger partial charge is 0.472 e. The lowest BCUT2D eigenvalue weighted by Crippen LogP contribution is -2.23. The van der Waals surface area contributed by atoms with Crippen LogP contribution in [0.15, 0.2) is 29.1 Å². The van der Waals surface area contributed by atoms with Crippen LogP contribution in [-0.2, 0) is 6.42 Å². The molecular weight excluding hydrogens is 242 g/mol. The molecule has 18 heavy (non-hydrogen) atoms. The molecule has 1 unspecified atom stereocenters. The van der Waals surface area contributed by atoms with E-state index in [0.717, 1.165) is 19.4 Å². The van der Waals surface area contributed by atoms with E-state index in [-0.39, 0.29) is 0 Å². The SMILES string of the molecule is CCCNC(Cc1ccoc1)c1cc(C)c(C)s1. The van der Waals surface area contributed by atoms with Gasteiger partial charge in [0.2, 0.25) is 0 Å². The maximum Gasteiger partial charge on any atom is 0.0935 e. The Morgan fingerprint density at radius 3 is 2.78 bits per heavy atom. The molecule has 98 valence electrons. The van der Waals surface area contributed by atoms with E-state index in [1.165, 1.54) is 20.9 Å². The smallest absolute Gasteiger partial charge is 0.0935 e. The normalized spacial score (nSPS) is 12.8. The zero-order valence-electron chi connectivity index (χ0n) is 11.3. The zero-order chi connectivity index (χ0) is 13.0. The summed E-state index contributed by atoms with van der Waals surface area (Å²) in [5.41, 5.74) is 2.65. The van der Waals surface area contributed by atoms with Crippen molar-refractivity contribution in [1.29, 1.82) is 0 Å². The minimum Gasteiger partial charge on any atom is -0.472 e. The molecule has 1 atom stereocenters. The number of aryl methyl sites for hydroxylation is 2. The summed E-state index contributed by atoms with van der Waals surface area (Å²) < 4.78 is 5.16. The summed E-state index contributed by atoms with van der Waals surface area (Å²) in [4.78, 5) is 2.85. The third kappa shape index (κ3) is 3.24. The van der Waals surface area contributed by atoms with E-state index < -0.39 is 0 Å². The van der Waals surface area contributed by atoms with E-state index in [2.05, 4.69) is 32.2 Å². The van der Waals surface area contributed by atoms with Crippen LogP contribution in [0, 0.1) is 13.8 Å². The second-order valence-corrected chi connectivity index (χ2v) is 6.02. The Morgan fingerprint density at radius 1 is 1.39 bits per heavy atom. The molecule has 2 heterocycles. The summed E-state index contributed by atoms with van der Waals surface area (Å²) >= 11 is 1.90. The monoisotopic (exact) mass is 263 g/mol. The van der Waals surface area contributed by atoms with Crippen molar-refractivity contribution in [2.45, 2.75) is 39.7 Å². The molecule has 0 aliphatic carbocycles. The van der Waals surface area contributed by atoms with Crippen molar-refractivity contribution in [2.24, 2.45) is 0 Å². The summed E-state index contributed by atoms with van der Waals surface area (Å²) in [6, 6.07) is 4.77. The van der Waals surface area contributed by atoms with Crippen LogP contribution >= 0.6 is 11.3 Å². The third-order valence-corrected chi connectivity index (χ3v) is 4.46. The Hall–Kier alpha value is -1.06. The van der Waals surface area contributed by atoms with Gasteiger partial charge < -0.3 is 9.73 Å². The molecule has 2 aromatic rings. The first-order valence-corrected chi connectivity index (χ1v) is 7.33. The number of nitrogens with one attached hydrogen (secondary N) is 1. The Bertz CT molecular complexity index is 453. The van der Waals surface area contributed by atoms with Crippen LogP contribution < -0.4 is 5.32 Å². The van der Waals surface area contributed by atoms with Crippen LogP contribution in [0.4, 0.5) is 0 Å². The fourth-order valence-corrected chi connectivity index (χ4v) is 3.13. The average Bonchev–Trinajstić information content (AvgIpc) is 2.96. The van der Waals surface area contributed by atoms with Gasteiger partial charge in [0.25, 0.3) is 0 Å². The quantitative estimate of drug-likeness (QED) is 0.843. The van der Waals surface area contributed by atoms with Crippen molar-refractivity contribution in [3.05, 3.63) is 45.5 Å². The highest BCUT2D eigenvalue weighted by atomic mass is 32.1. The summed E-state index contributed by atoms with van der Waals surface area (Å²) in [6.45, 7) is 7.63. The van der Waals surface area contributed by atoms with Gasteiger partial charge in [-0.05, 0) is 56.5 Å². The topological polar surface area (TPSA) is 25.2 Å². The third-order valence-electron chi connectivity index (χ3n) is 3.19. The lowest BCUT2D eigenvalue weighted by Gasteiger charge is -2.16. The molecule has 0 amide bonds. The second-order valence-electron chi connectivity index (χ2n) is 4.73. The predicted molar refractivity (Wildman–Crippen MR) is 77.2 cm³/mol. The lowest BCUT2D eigenvalue weighted by atomic mass is 10.1. The first kappa shape index (κ1) is 13.4. The number of rotatable bonds is 6. The molecule has 1 N–H and O–H groups in total. The second kappa shape index (κ2) is 6.21. The predicted octanol–water partition coefficient (Wildman–Crippen LogP) is 4.24. The summed E-state index contributed by atoms with van der Waals surface area (Å²) in [5.74, 6) is 0. The van der Waals surface area contributed by atoms with Crippen LogP contribution in [0.1, 0.15) is 40.3 Å². The van der Waals surface area contributed by atoms with E-state index in [1.807, 2.05) is 23.7 Å². The van der Waals surface area contributed by atoms with Gasteiger partial charge in [0.15, 0.2) is 0 Å². The van der Waals surface area contributed by atoms with Crippen molar-refractivity contribution in [2.75, 3.05) is 6.54 Å². The summed E-state index contributed by atoms with van der Waals surface area (Å²) in [7, 11) is 0. The van der Waals surface area contributed by atoms with Crippen molar-refractivity contribution in [1.82, 2.24) is 5.32 Å². The lowest BCUT2D eigenvalue weighted by molar-refractivity contribution is 0.526. The Morgan fingerprint density at radius 2 is 2.22 bits per heavy atom. The van der Waals surface area contributed by atoms with Crippen molar-refractivity contribution < 1.29 is 4.42 Å². The summed E-state index contributed by atoms with van der Waals surface area (Å²) in [5, 5.41) is 3.63.